The van der Waals surface area contributed by atoms with Crippen LogP contribution in [0.3, 0.4) is 0 Å². The van der Waals surface area contributed by atoms with Gasteiger partial charge in [0.1, 0.15) is 17.6 Å². The van der Waals surface area contributed by atoms with Gasteiger partial charge in [0.15, 0.2) is 5.69 Å². The molecule has 0 aliphatic rings. The van der Waals surface area contributed by atoms with Crippen molar-refractivity contribution in [2.45, 2.75) is 24.8 Å². The summed E-state index contributed by atoms with van der Waals surface area (Å²) in [5.41, 5.74) is 4.15. The summed E-state index contributed by atoms with van der Waals surface area (Å²) in [5.74, 6) is 0.761. The molecule has 0 aliphatic carbocycles. The molecule has 20 heavy (non-hydrogen) atoms. The minimum atomic E-state index is -0.0781. The van der Waals surface area contributed by atoms with E-state index in [0.29, 0.717) is 0 Å². The number of imidazole rings is 1. The van der Waals surface area contributed by atoms with E-state index in [1.807, 2.05) is 19.1 Å². The zero-order chi connectivity index (χ0) is 14.1. The number of aryl methyl sites for hydroxylation is 2. The monoisotopic (exact) mass is 288 g/mol. The fraction of sp³-hybridized carbons (Fsp3) is 0.214. The lowest BCUT2D eigenvalue weighted by atomic mass is 10.4. The van der Waals surface area contributed by atoms with Crippen LogP contribution in [0.4, 0.5) is 0 Å². The Bertz CT molecular complexity index is 821. The van der Waals surface area contributed by atoms with Gasteiger partial charge in [0.25, 0.3) is 5.65 Å². The third-order valence-electron chi connectivity index (χ3n) is 3.07. The fourth-order valence-electron chi connectivity index (χ4n) is 2.14. The first-order valence-electron chi connectivity index (χ1n) is 6.37. The number of H-pyrrole nitrogens is 3. The van der Waals surface area contributed by atoms with Crippen molar-refractivity contribution in [2.24, 2.45) is 0 Å². The van der Waals surface area contributed by atoms with Crippen molar-refractivity contribution in [3.05, 3.63) is 57.9 Å². The molecule has 0 bridgehead atoms. The minimum Gasteiger partial charge on any atom is -0.241 e. The lowest BCUT2D eigenvalue weighted by Gasteiger charge is -1.92. The maximum Gasteiger partial charge on any atom is 0.336 e. The second-order valence-corrected chi connectivity index (χ2v) is 5.75. The Morgan fingerprint density at radius 1 is 1.30 bits per heavy atom. The largest absolute Gasteiger partial charge is 0.336 e. The summed E-state index contributed by atoms with van der Waals surface area (Å²) in [6.45, 7) is 3.95. The van der Waals surface area contributed by atoms with Gasteiger partial charge in [-0.1, -0.05) is 6.07 Å². The first kappa shape index (κ1) is 12.9. The molecule has 3 aromatic heterocycles. The molecule has 0 amide bonds. The molecular formula is C14H16N4OS+2. The van der Waals surface area contributed by atoms with Crippen LogP contribution in [-0.4, -0.2) is 9.97 Å². The molecule has 0 unspecified atom stereocenters. The number of rotatable bonds is 3. The molecule has 0 saturated carbocycles. The Hall–Kier alpha value is -2.08. The van der Waals surface area contributed by atoms with Crippen LogP contribution in [0.15, 0.2) is 40.4 Å². The molecule has 0 saturated heterocycles. The van der Waals surface area contributed by atoms with Gasteiger partial charge < -0.3 is 0 Å². The zero-order valence-electron chi connectivity index (χ0n) is 11.4. The van der Waals surface area contributed by atoms with Crippen LogP contribution in [0.2, 0.25) is 0 Å². The van der Waals surface area contributed by atoms with Gasteiger partial charge in [0.05, 0.1) is 11.8 Å². The quantitative estimate of drug-likeness (QED) is 0.431. The van der Waals surface area contributed by atoms with Gasteiger partial charge in [-0.15, -0.1) is 0 Å². The molecule has 0 aromatic carbocycles. The predicted molar refractivity (Wildman–Crippen MR) is 76.6 cm³/mol. The molecule has 3 N–H and O–H groups in total. The van der Waals surface area contributed by atoms with Crippen molar-refractivity contribution in [3.63, 3.8) is 0 Å². The second-order valence-electron chi connectivity index (χ2n) is 4.76. The summed E-state index contributed by atoms with van der Waals surface area (Å²) in [6.07, 6.45) is 2.09. The topological polar surface area (TPSA) is 66.9 Å². The van der Waals surface area contributed by atoms with E-state index in [1.165, 1.54) is 5.69 Å². The second kappa shape index (κ2) is 5.13. The van der Waals surface area contributed by atoms with Gasteiger partial charge in [-0.05, 0) is 31.7 Å². The average Bonchev–Trinajstić information content (AvgIpc) is 2.80. The fourth-order valence-corrected chi connectivity index (χ4v) is 2.99. The van der Waals surface area contributed by atoms with Crippen molar-refractivity contribution in [3.8, 4) is 0 Å². The van der Waals surface area contributed by atoms with E-state index in [1.54, 1.807) is 17.8 Å². The van der Waals surface area contributed by atoms with Gasteiger partial charge in [-0.3, -0.25) is 0 Å². The van der Waals surface area contributed by atoms with E-state index >= 15 is 0 Å². The number of hydrogen-bond donors (Lipinski definition) is 2. The highest BCUT2D eigenvalue weighted by atomic mass is 32.2. The molecule has 6 heteroatoms. The van der Waals surface area contributed by atoms with Crippen molar-refractivity contribution in [1.82, 2.24) is 9.97 Å². The molecule has 3 aromatic rings. The standard InChI is InChI=1S/C14H14N4OS/c1-9-6-13(19)17-14(15-9)20-8-11-7-18-10(2)4-3-5-12(18)16-11/h3-7H,8H2,1-2H3,(H,15,17,19)/p+2. The number of aromatic amines is 3. The summed E-state index contributed by atoms with van der Waals surface area (Å²) < 4.78 is 2.12. The summed E-state index contributed by atoms with van der Waals surface area (Å²) in [5, 5.41) is 0.773. The normalized spacial score (nSPS) is 11.1. The molecule has 0 fully saturated rings. The number of nitrogens with zero attached hydrogens (tertiary/aromatic N) is 1. The van der Waals surface area contributed by atoms with Crippen LogP contribution >= 0.6 is 11.8 Å². The molecular weight excluding hydrogens is 272 g/mol. The number of nitrogens with one attached hydrogen (secondary N) is 3. The van der Waals surface area contributed by atoms with Crippen LogP contribution in [0.1, 0.15) is 17.1 Å². The highest BCUT2D eigenvalue weighted by Gasteiger charge is 2.13. The number of hydrogen-bond acceptors (Lipinski definition) is 2. The maximum absolute atomic E-state index is 11.4. The summed E-state index contributed by atoms with van der Waals surface area (Å²) in [4.78, 5) is 20.7. The first-order valence-corrected chi connectivity index (χ1v) is 7.35. The van der Waals surface area contributed by atoms with Crippen LogP contribution < -0.4 is 14.9 Å². The van der Waals surface area contributed by atoms with Crippen LogP contribution in [0.25, 0.3) is 5.65 Å². The number of aromatic nitrogens is 4. The first-order chi connectivity index (χ1) is 9.61. The lowest BCUT2D eigenvalue weighted by molar-refractivity contribution is -0.518. The summed E-state index contributed by atoms with van der Waals surface area (Å²) >= 11 is 1.57. The highest BCUT2D eigenvalue weighted by molar-refractivity contribution is 7.98. The Labute approximate surface area is 120 Å². The van der Waals surface area contributed by atoms with E-state index in [9.17, 15) is 4.79 Å². The smallest absolute Gasteiger partial charge is 0.241 e. The van der Waals surface area contributed by atoms with Gasteiger partial charge in [0.2, 0.25) is 0 Å². The number of fused-ring (bicyclic) bond motifs is 1. The molecule has 3 rings (SSSR count). The van der Waals surface area contributed by atoms with Crippen molar-refractivity contribution in [2.75, 3.05) is 0 Å². The van der Waals surface area contributed by atoms with Crippen molar-refractivity contribution >= 4 is 17.4 Å². The molecule has 102 valence electrons. The number of thioether (sulfide) groups is 1. The number of pyridine rings is 1. The lowest BCUT2D eigenvalue weighted by Crippen LogP contribution is -2.22. The predicted octanol–water partition coefficient (Wildman–Crippen LogP) is 1.16. The van der Waals surface area contributed by atoms with Gasteiger partial charge in [-0.25, -0.2) is 24.1 Å². The molecule has 0 spiro atoms. The van der Waals surface area contributed by atoms with Crippen LogP contribution in [0, 0.1) is 13.8 Å². The SMILES string of the molecule is Cc1cc(=O)[nH]c(SCc2c[n+]3c(C)cccc3[nH]2)[nH+]1. The van der Waals surface area contributed by atoms with E-state index in [0.717, 1.165) is 27.9 Å². The summed E-state index contributed by atoms with van der Waals surface area (Å²) in [7, 11) is 0. The third kappa shape index (κ3) is 2.60. The van der Waals surface area contributed by atoms with E-state index in [-0.39, 0.29) is 5.56 Å². The van der Waals surface area contributed by atoms with E-state index < -0.39 is 0 Å². The van der Waals surface area contributed by atoms with Gasteiger partial charge >= 0.3 is 10.7 Å². The molecule has 0 aliphatic heterocycles. The Morgan fingerprint density at radius 2 is 2.15 bits per heavy atom. The maximum atomic E-state index is 11.4. The van der Waals surface area contributed by atoms with E-state index in [4.69, 9.17) is 0 Å². The van der Waals surface area contributed by atoms with Gasteiger partial charge in [-0.2, -0.15) is 0 Å². The van der Waals surface area contributed by atoms with E-state index in [2.05, 4.69) is 38.5 Å². The highest BCUT2D eigenvalue weighted by Crippen LogP contribution is 2.15. The molecule has 5 nitrogen and oxygen atoms in total. The Balaban J connectivity index is 1.83. The zero-order valence-corrected chi connectivity index (χ0v) is 12.2. The Morgan fingerprint density at radius 3 is 2.90 bits per heavy atom. The Kier molecular flexibility index (Phi) is 3.31. The average molecular weight is 288 g/mol. The third-order valence-corrected chi connectivity index (χ3v) is 4.02. The molecule has 0 radical (unpaired) electrons. The van der Waals surface area contributed by atoms with Gasteiger partial charge in [0, 0.05) is 6.07 Å². The van der Waals surface area contributed by atoms with Crippen molar-refractivity contribution in [1.29, 1.82) is 0 Å². The molecule has 0 atom stereocenters. The minimum absolute atomic E-state index is 0.0781. The van der Waals surface area contributed by atoms with Crippen LogP contribution in [-0.2, 0) is 5.75 Å². The molecule has 3 heterocycles. The van der Waals surface area contributed by atoms with Crippen LogP contribution in [0.5, 0.6) is 0 Å². The summed E-state index contributed by atoms with van der Waals surface area (Å²) in [6, 6.07) is 7.70. The van der Waals surface area contributed by atoms with Crippen molar-refractivity contribution < 1.29 is 9.38 Å².